The number of halogens is 1. The highest BCUT2D eigenvalue weighted by Gasteiger charge is 2.46. The number of carbonyl (C=O) groups excluding carboxylic acids is 3. The van der Waals surface area contributed by atoms with E-state index in [1.807, 2.05) is 0 Å². The predicted octanol–water partition coefficient (Wildman–Crippen LogP) is 3.94. The number of para-hydroxylation sites is 2. The Kier molecular flexibility index (Phi) is 5.76. The molecule has 0 unspecified atom stereocenters. The van der Waals surface area contributed by atoms with Gasteiger partial charge >= 0.3 is 5.97 Å². The standard InChI is InChI=1S/C24H25FN2O4/c1-16-14-21(28)26-19-10-4-5-11-20(19)27(16)22(29)15-31-23(30)24(12-6-7-13-24)17-8-2-3-9-18(17)25/h2-5,8-11,16H,6-7,12-15H2,1H3,(H,26,28)/t16-/m1/s1. The van der Waals surface area contributed by atoms with Gasteiger partial charge in [0.2, 0.25) is 5.91 Å². The van der Waals surface area contributed by atoms with E-state index >= 15 is 0 Å². The summed E-state index contributed by atoms with van der Waals surface area (Å²) in [5, 5.41) is 2.80. The van der Waals surface area contributed by atoms with Gasteiger partial charge in [-0.1, -0.05) is 43.2 Å². The maximum absolute atomic E-state index is 14.5. The Morgan fingerprint density at radius 2 is 1.81 bits per heavy atom. The van der Waals surface area contributed by atoms with E-state index in [1.54, 1.807) is 49.4 Å². The second-order valence-electron chi connectivity index (χ2n) is 8.23. The van der Waals surface area contributed by atoms with Crippen LogP contribution < -0.4 is 10.2 Å². The predicted molar refractivity (Wildman–Crippen MR) is 114 cm³/mol. The van der Waals surface area contributed by atoms with Crippen LogP contribution in [0.5, 0.6) is 0 Å². The number of rotatable bonds is 4. The highest BCUT2D eigenvalue weighted by Crippen LogP contribution is 2.43. The molecule has 0 spiro atoms. The van der Waals surface area contributed by atoms with Gasteiger partial charge in [-0.25, -0.2) is 4.39 Å². The van der Waals surface area contributed by atoms with Crippen molar-refractivity contribution in [1.82, 2.24) is 0 Å². The molecule has 6 nitrogen and oxygen atoms in total. The molecule has 1 fully saturated rings. The first-order chi connectivity index (χ1) is 14.9. The van der Waals surface area contributed by atoms with E-state index in [0.29, 0.717) is 29.8 Å². The number of benzene rings is 2. The lowest BCUT2D eigenvalue weighted by molar-refractivity contribution is -0.154. The van der Waals surface area contributed by atoms with Crippen LogP contribution in [0.25, 0.3) is 0 Å². The van der Waals surface area contributed by atoms with E-state index in [0.717, 1.165) is 12.8 Å². The third-order valence-corrected chi connectivity index (χ3v) is 6.19. The van der Waals surface area contributed by atoms with Gasteiger partial charge in [0.1, 0.15) is 5.82 Å². The Hall–Kier alpha value is -3.22. The first kappa shape index (κ1) is 21.0. The number of ether oxygens (including phenoxy) is 1. The van der Waals surface area contributed by atoms with Crippen molar-refractivity contribution in [2.75, 3.05) is 16.8 Å². The fourth-order valence-corrected chi connectivity index (χ4v) is 4.71. The van der Waals surface area contributed by atoms with E-state index in [2.05, 4.69) is 5.32 Å². The zero-order valence-electron chi connectivity index (χ0n) is 17.4. The quantitative estimate of drug-likeness (QED) is 0.755. The molecule has 0 bridgehead atoms. The summed E-state index contributed by atoms with van der Waals surface area (Å²) in [6, 6.07) is 12.9. The van der Waals surface area contributed by atoms with Crippen LogP contribution in [0.15, 0.2) is 48.5 Å². The Balaban J connectivity index is 1.55. The zero-order chi connectivity index (χ0) is 22.0. The van der Waals surface area contributed by atoms with Gasteiger partial charge in [0.15, 0.2) is 6.61 Å². The summed E-state index contributed by atoms with van der Waals surface area (Å²) < 4.78 is 20.0. The molecule has 2 aromatic carbocycles. The number of nitrogens with one attached hydrogen (secondary N) is 1. The molecule has 7 heteroatoms. The molecule has 0 radical (unpaired) electrons. The second kappa shape index (κ2) is 8.49. The van der Waals surface area contributed by atoms with Gasteiger partial charge in [-0.05, 0) is 38.0 Å². The molecule has 1 aliphatic heterocycles. The van der Waals surface area contributed by atoms with E-state index in [4.69, 9.17) is 4.74 Å². The lowest BCUT2D eigenvalue weighted by Gasteiger charge is -2.30. The van der Waals surface area contributed by atoms with Crippen molar-refractivity contribution >= 4 is 29.2 Å². The fraction of sp³-hybridized carbons (Fsp3) is 0.375. The molecule has 1 aliphatic carbocycles. The van der Waals surface area contributed by atoms with Crippen LogP contribution in [-0.4, -0.2) is 30.4 Å². The van der Waals surface area contributed by atoms with E-state index in [1.165, 1.54) is 11.0 Å². The van der Waals surface area contributed by atoms with E-state index < -0.39 is 35.8 Å². The van der Waals surface area contributed by atoms with Gasteiger partial charge in [-0.3, -0.25) is 14.4 Å². The number of hydrogen-bond acceptors (Lipinski definition) is 4. The summed E-state index contributed by atoms with van der Waals surface area (Å²) in [5.74, 6) is -1.62. The van der Waals surface area contributed by atoms with Gasteiger partial charge in [0, 0.05) is 18.0 Å². The maximum Gasteiger partial charge on any atom is 0.317 e. The van der Waals surface area contributed by atoms with Crippen LogP contribution in [0.1, 0.15) is 44.6 Å². The molecular weight excluding hydrogens is 399 g/mol. The molecule has 2 aromatic rings. The van der Waals surface area contributed by atoms with Gasteiger partial charge in [-0.15, -0.1) is 0 Å². The van der Waals surface area contributed by atoms with Crippen molar-refractivity contribution in [2.45, 2.75) is 50.5 Å². The third kappa shape index (κ3) is 3.92. The first-order valence-corrected chi connectivity index (χ1v) is 10.6. The Bertz CT molecular complexity index is 1020. The van der Waals surface area contributed by atoms with E-state index in [-0.39, 0.29) is 12.3 Å². The monoisotopic (exact) mass is 424 g/mol. The van der Waals surface area contributed by atoms with Gasteiger partial charge in [0.25, 0.3) is 5.91 Å². The molecule has 31 heavy (non-hydrogen) atoms. The van der Waals surface area contributed by atoms with Crippen LogP contribution in [0.4, 0.5) is 15.8 Å². The molecule has 2 amide bonds. The minimum atomic E-state index is -1.06. The highest BCUT2D eigenvalue weighted by atomic mass is 19.1. The number of hydrogen-bond donors (Lipinski definition) is 1. The Morgan fingerprint density at radius 1 is 1.13 bits per heavy atom. The number of fused-ring (bicyclic) bond motifs is 1. The van der Waals surface area contributed by atoms with E-state index in [9.17, 15) is 18.8 Å². The van der Waals surface area contributed by atoms with Gasteiger partial charge in [-0.2, -0.15) is 0 Å². The summed E-state index contributed by atoms with van der Waals surface area (Å²) in [4.78, 5) is 39.8. The molecular formula is C24H25FN2O4. The third-order valence-electron chi connectivity index (χ3n) is 6.19. The molecule has 1 heterocycles. The Labute approximate surface area is 180 Å². The second-order valence-corrected chi connectivity index (χ2v) is 8.23. The summed E-state index contributed by atoms with van der Waals surface area (Å²) in [6.07, 6.45) is 2.70. The fourth-order valence-electron chi connectivity index (χ4n) is 4.71. The van der Waals surface area contributed by atoms with Crippen LogP contribution in [0.2, 0.25) is 0 Å². The summed E-state index contributed by atoms with van der Waals surface area (Å²) in [6.45, 7) is 1.31. The van der Waals surface area contributed by atoms with Crippen molar-refractivity contribution in [3.8, 4) is 0 Å². The van der Waals surface area contributed by atoms with Crippen molar-refractivity contribution in [3.63, 3.8) is 0 Å². The first-order valence-electron chi connectivity index (χ1n) is 10.6. The molecule has 0 aromatic heterocycles. The minimum Gasteiger partial charge on any atom is -0.455 e. The molecule has 162 valence electrons. The topological polar surface area (TPSA) is 75.7 Å². The molecule has 2 aliphatic rings. The molecule has 0 saturated heterocycles. The number of anilines is 2. The summed E-state index contributed by atoms with van der Waals surface area (Å²) in [5.41, 5.74) is 0.362. The molecule has 1 N–H and O–H groups in total. The maximum atomic E-state index is 14.5. The largest absolute Gasteiger partial charge is 0.455 e. The highest BCUT2D eigenvalue weighted by molar-refractivity contribution is 6.05. The number of nitrogens with zero attached hydrogens (tertiary/aromatic N) is 1. The lowest BCUT2D eigenvalue weighted by atomic mass is 9.78. The summed E-state index contributed by atoms with van der Waals surface area (Å²) >= 11 is 0. The zero-order valence-corrected chi connectivity index (χ0v) is 17.4. The van der Waals surface area contributed by atoms with Crippen LogP contribution in [-0.2, 0) is 24.5 Å². The number of amides is 2. The average Bonchev–Trinajstić information content (AvgIpc) is 3.20. The average molecular weight is 424 g/mol. The minimum absolute atomic E-state index is 0.132. The van der Waals surface area contributed by atoms with Crippen molar-refractivity contribution in [2.24, 2.45) is 0 Å². The summed E-state index contributed by atoms with van der Waals surface area (Å²) in [7, 11) is 0. The van der Waals surface area contributed by atoms with Gasteiger partial charge < -0.3 is 15.0 Å². The SMILES string of the molecule is C[C@@H]1CC(=O)Nc2ccccc2N1C(=O)COC(=O)C1(c2ccccc2F)CCCC1. The van der Waals surface area contributed by atoms with Gasteiger partial charge in [0.05, 0.1) is 16.8 Å². The normalized spacial score (nSPS) is 19.9. The van der Waals surface area contributed by atoms with Crippen LogP contribution in [0.3, 0.4) is 0 Å². The number of carbonyl (C=O) groups is 3. The van der Waals surface area contributed by atoms with Crippen molar-refractivity contribution in [1.29, 1.82) is 0 Å². The van der Waals surface area contributed by atoms with Crippen molar-refractivity contribution in [3.05, 3.63) is 59.9 Å². The smallest absolute Gasteiger partial charge is 0.317 e. The van der Waals surface area contributed by atoms with Crippen LogP contribution >= 0.6 is 0 Å². The molecule has 1 atom stereocenters. The van der Waals surface area contributed by atoms with Crippen LogP contribution in [0, 0.1) is 5.82 Å². The lowest BCUT2D eigenvalue weighted by Crippen LogP contribution is -2.43. The molecule has 4 rings (SSSR count). The van der Waals surface area contributed by atoms with Crippen molar-refractivity contribution < 1.29 is 23.5 Å². The Morgan fingerprint density at radius 3 is 2.55 bits per heavy atom. The molecule has 1 saturated carbocycles. The number of esters is 1.